The third kappa shape index (κ3) is 48.5. The zero-order chi connectivity index (χ0) is 49.9. The molecule has 0 aromatic rings. The highest BCUT2D eigenvalue weighted by Gasteiger charge is 2.28. The van der Waals surface area contributed by atoms with Crippen LogP contribution in [0, 0.1) is 0 Å². The molecule has 0 radical (unpaired) electrons. The fourth-order valence-corrected chi connectivity index (χ4v) is 8.19. The summed E-state index contributed by atoms with van der Waals surface area (Å²) < 4.78 is 39.4. The van der Waals surface area contributed by atoms with Crippen LogP contribution in [0.2, 0.25) is 0 Å². The Morgan fingerprint density at radius 3 is 1.15 bits per heavy atom. The van der Waals surface area contributed by atoms with Crippen LogP contribution in [-0.2, 0) is 42.2 Å². The molecule has 396 valence electrons. The molecule has 2 N–H and O–H groups in total. The fourth-order valence-electron chi connectivity index (χ4n) is 7.41. The van der Waals surface area contributed by atoms with Gasteiger partial charge in [-0.15, -0.1) is 0 Å². The lowest BCUT2D eigenvalue weighted by Gasteiger charge is -2.21. The summed E-state index contributed by atoms with van der Waals surface area (Å²) in [7, 11) is -4.74. The first-order valence-corrected chi connectivity index (χ1v) is 29.0. The molecule has 0 aliphatic heterocycles. The van der Waals surface area contributed by atoms with Crippen molar-refractivity contribution in [2.24, 2.45) is 0 Å². The fraction of sp³-hybridized carbons (Fsp3) is 0.804. The third-order valence-electron chi connectivity index (χ3n) is 11.7. The van der Waals surface area contributed by atoms with E-state index in [9.17, 15) is 28.9 Å². The topological polar surface area (TPSA) is 155 Å². The van der Waals surface area contributed by atoms with E-state index in [-0.39, 0.29) is 25.9 Å². The Kier molecular flexibility index (Phi) is 48.9. The summed E-state index contributed by atoms with van der Waals surface area (Å²) in [4.78, 5) is 48.3. The van der Waals surface area contributed by atoms with Crippen LogP contribution in [0.3, 0.4) is 0 Å². The molecule has 0 rings (SSSR count). The summed E-state index contributed by atoms with van der Waals surface area (Å²) in [6.07, 6.45) is 52.2. The van der Waals surface area contributed by atoms with E-state index in [4.69, 9.17) is 23.3 Å². The molecule has 0 saturated heterocycles. The monoisotopic (exact) mass is 981 g/mol. The summed E-state index contributed by atoms with van der Waals surface area (Å²) in [6.45, 7) is 4.52. The molecule has 68 heavy (non-hydrogen) atoms. The van der Waals surface area contributed by atoms with E-state index >= 15 is 0 Å². The molecule has 3 unspecified atom stereocenters. The van der Waals surface area contributed by atoms with E-state index in [0.717, 1.165) is 109 Å². The van der Waals surface area contributed by atoms with Gasteiger partial charge in [-0.1, -0.05) is 191 Å². The van der Waals surface area contributed by atoms with Crippen LogP contribution < -0.4 is 0 Å². The number of ether oxygens (including phenoxy) is 3. The van der Waals surface area contributed by atoms with Crippen molar-refractivity contribution in [1.82, 2.24) is 0 Å². The minimum absolute atomic E-state index is 0.156. The lowest BCUT2D eigenvalue weighted by atomic mass is 10.1. The smallest absolute Gasteiger partial charge is 0.462 e. The molecular weight excluding hydrogens is 880 g/mol. The number of phosphoric ester groups is 1. The van der Waals surface area contributed by atoms with Gasteiger partial charge >= 0.3 is 25.7 Å². The molecule has 0 bridgehead atoms. The maximum Gasteiger partial charge on any atom is 0.472 e. The van der Waals surface area contributed by atoms with E-state index in [1.54, 1.807) is 0 Å². The first-order valence-electron chi connectivity index (χ1n) is 27.5. The number of carbonyl (C=O) groups excluding carboxylic acids is 3. The Morgan fingerprint density at radius 2 is 0.735 bits per heavy atom. The third-order valence-corrected chi connectivity index (χ3v) is 12.6. The number of carbonyl (C=O) groups is 3. The van der Waals surface area contributed by atoms with Gasteiger partial charge in [0.25, 0.3) is 0 Å². The molecule has 0 saturated carbocycles. The van der Waals surface area contributed by atoms with Crippen molar-refractivity contribution in [3.8, 4) is 0 Å². The number of unbranched alkanes of at least 4 members (excludes halogenated alkanes) is 26. The van der Waals surface area contributed by atoms with E-state index in [1.807, 2.05) is 0 Å². The van der Waals surface area contributed by atoms with Crippen LogP contribution in [0.5, 0.6) is 0 Å². The highest BCUT2D eigenvalue weighted by atomic mass is 31.2. The maximum absolute atomic E-state index is 12.8. The van der Waals surface area contributed by atoms with Crippen molar-refractivity contribution in [3.63, 3.8) is 0 Å². The summed E-state index contributed by atoms with van der Waals surface area (Å²) in [5.41, 5.74) is 0. The van der Waals surface area contributed by atoms with Crippen molar-refractivity contribution < 1.29 is 52.2 Å². The van der Waals surface area contributed by atoms with Gasteiger partial charge < -0.3 is 24.2 Å². The zero-order valence-electron chi connectivity index (χ0n) is 43.6. The number of aliphatic hydroxyl groups excluding tert-OH is 1. The van der Waals surface area contributed by atoms with Gasteiger partial charge in [-0.3, -0.25) is 23.4 Å². The highest BCUT2D eigenvalue weighted by molar-refractivity contribution is 7.47. The molecule has 11 nitrogen and oxygen atoms in total. The van der Waals surface area contributed by atoms with Crippen molar-refractivity contribution in [1.29, 1.82) is 0 Å². The molecule has 0 heterocycles. The predicted octanol–water partition coefficient (Wildman–Crippen LogP) is 15.8. The van der Waals surface area contributed by atoms with Gasteiger partial charge in [0.1, 0.15) is 12.7 Å². The molecule has 0 aromatic heterocycles. The van der Waals surface area contributed by atoms with E-state index in [2.05, 4.69) is 69.4 Å². The van der Waals surface area contributed by atoms with Crippen LogP contribution in [-0.4, -0.2) is 66.5 Å². The van der Waals surface area contributed by atoms with Crippen LogP contribution in [0.15, 0.2) is 48.6 Å². The Bertz CT molecular complexity index is 1330. The van der Waals surface area contributed by atoms with Crippen molar-refractivity contribution >= 4 is 25.7 Å². The second-order valence-electron chi connectivity index (χ2n) is 18.4. The van der Waals surface area contributed by atoms with Gasteiger partial charge in [0.15, 0.2) is 6.10 Å². The van der Waals surface area contributed by atoms with Crippen LogP contribution in [0.1, 0.15) is 252 Å². The minimum atomic E-state index is -4.74. The van der Waals surface area contributed by atoms with Crippen LogP contribution in [0.4, 0.5) is 0 Å². The van der Waals surface area contributed by atoms with Gasteiger partial charge in [-0.05, 0) is 89.9 Å². The van der Waals surface area contributed by atoms with Crippen molar-refractivity contribution in [2.45, 2.75) is 264 Å². The SMILES string of the molecule is CCCC/C=C\CCCCCCCC(=O)OC(CO)COP(=O)(O)OCC(COC(=O)CCCCCCCCCCC/C=C\C/C=C\CCCCC)OC(=O)CCCCCCC/C=C\CCCC. The standard InChI is InChI=1S/C56H101O11P/c1-4-7-10-13-16-19-22-23-24-25-26-27-28-29-32-33-36-39-42-45-54(58)63-49-53(67-56(60)47-44-41-38-35-31-21-18-15-12-9-6-3)51-65-68(61,62)64-50-52(48-57)66-55(59)46-43-40-37-34-30-20-17-14-11-8-5-2/h14-19,23-24,52-53,57H,4-13,20-22,25-51H2,1-3H3,(H,61,62)/b17-14-,18-15-,19-16-,24-23-. The molecule has 0 aliphatic carbocycles. The summed E-state index contributed by atoms with van der Waals surface area (Å²) >= 11 is 0. The number of esters is 3. The first kappa shape index (κ1) is 65.4. The lowest BCUT2D eigenvalue weighted by molar-refractivity contribution is -0.161. The Balaban J connectivity index is 4.67. The van der Waals surface area contributed by atoms with Crippen LogP contribution >= 0.6 is 7.82 Å². The van der Waals surface area contributed by atoms with Crippen molar-refractivity contribution in [3.05, 3.63) is 48.6 Å². The summed E-state index contributed by atoms with van der Waals surface area (Å²) in [5, 5.41) is 9.76. The molecule has 0 fully saturated rings. The maximum atomic E-state index is 12.8. The Labute approximate surface area is 415 Å². The minimum Gasteiger partial charge on any atom is -0.462 e. The molecule has 0 amide bonds. The molecule has 3 atom stereocenters. The Hall–Kier alpha value is -2.56. The largest absolute Gasteiger partial charge is 0.472 e. The zero-order valence-corrected chi connectivity index (χ0v) is 44.5. The van der Waals surface area contributed by atoms with Crippen molar-refractivity contribution in [2.75, 3.05) is 26.4 Å². The number of phosphoric acid groups is 1. The van der Waals surface area contributed by atoms with Gasteiger partial charge in [0.2, 0.25) is 0 Å². The van der Waals surface area contributed by atoms with E-state index in [0.29, 0.717) is 19.3 Å². The number of allylic oxidation sites excluding steroid dienone is 8. The molecule has 0 aromatic carbocycles. The average Bonchev–Trinajstić information content (AvgIpc) is 3.32. The lowest BCUT2D eigenvalue weighted by Crippen LogP contribution is -2.30. The van der Waals surface area contributed by atoms with Gasteiger partial charge in [-0.25, -0.2) is 4.57 Å². The second kappa shape index (κ2) is 50.8. The molecular formula is C56H101O11P. The first-order chi connectivity index (χ1) is 33.2. The van der Waals surface area contributed by atoms with E-state index < -0.39 is 57.8 Å². The van der Waals surface area contributed by atoms with E-state index in [1.165, 1.54) is 83.5 Å². The number of hydrogen-bond donors (Lipinski definition) is 2. The second-order valence-corrected chi connectivity index (χ2v) is 19.8. The number of hydrogen-bond acceptors (Lipinski definition) is 10. The molecule has 0 spiro atoms. The van der Waals surface area contributed by atoms with Crippen LogP contribution in [0.25, 0.3) is 0 Å². The average molecular weight is 981 g/mol. The summed E-state index contributed by atoms with van der Waals surface area (Å²) in [6, 6.07) is 0. The Morgan fingerprint density at radius 1 is 0.412 bits per heavy atom. The van der Waals surface area contributed by atoms with Gasteiger partial charge in [-0.2, -0.15) is 0 Å². The number of aliphatic hydroxyl groups is 1. The predicted molar refractivity (Wildman–Crippen MR) is 279 cm³/mol. The summed E-state index contributed by atoms with van der Waals surface area (Å²) in [5.74, 6) is -1.48. The quantitative estimate of drug-likeness (QED) is 0.0197. The normalized spacial score (nSPS) is 13.8. The molecule has 12 heteroatoms. The van der Waals surface area contributed by atoms with Gasteiger partial charge in [0.05, 0.1) is 19.8 Å². The van der Waals surface area contributed by atoms with Gasteiger partial charge in [0, 0.05) is 19.3 Å². The highest BCUT2D eigenvalue weighted by Crippen LogP contribution is 2.43. The number of rotatable bonds is 51. The molecule has 0 aliphatic rings.